The third-order valence-electron chi connectivity index (χ3n) is 9.63. The molecule has 0 amide bonds. The zero-order valence-electron chi connectivity index (χ0n) is 26.7. The van der Waals surface area contributed by atoms with Gasteiger partial charge in [0.05, 0.1) is 0 Å². The van der Waals surface area contributed by atoms with Crippen molar-refractivity contribution in [3.8, 4) is 56.4 Å². The fourth-order valence-corrected chi connectivity index (χ4v) is 12.6. The second-order valence-electron chi connectivity index (χ2n) is 12.4. The summed E-state index contributed by atoms with van der Waals surface area (Å²) >= 11 is 0. The molecule has 0 fully saturated rings. The van der Waals surface area contributed by atoms with E-state index >= 15 is 0 Å². The first-order valence-corrected chi connectivity index (χ1v) is 18.6. The van der Waals surface area contributed by atoms with Crippen molar-refractivity contribution in [2.45, 2.75) is 0 Å². The quantitative estimate of drug-likeness (QED) is 0.173. The van der Waals surface area contributed by atoms with Crippen LogP contribution >= 0.6 is 0 Å². The van der Waals surface area contributed by atoms with E-state index in [4.69, 9.17) is 15.0 Å². The molecular weight excluding hydrogens is 611 g/mol. The van der Waals surface area contributed by atoms with Crippen molar-refractivity contribution < 1.29 is 0 Å². The SMILES string of the molecule is c1ccc(-c2nc(-c3ccccc3)nc(-c3cccc(-c4ccc([Si]5(c6ccccc6)c6ccccc6-c6ccccc65)cc4)c3)n2)cc1. The number of benzene rings is 7. The van der Waals surface area contributed by atoms with Gasteiger partial charge in [-0.15, -0.1) is 0 Å². The number of aromatic nitrogens is 3. The predicted molar refractivity (Wildman–Crippen MR) is 204 cm³/mol. The van der Waals surface area contributed by atoms with Crippen LogP contribution in [0.4, 0.5) is 0 Å². The van der Waals surface area contributed by atoms with Crippen LogP contribution in [-0.2, 0) is 0 Å². The highest BCUT2D eigenvalue weighted by Gasteiger charge is 2.48. The van der Waals surface area contributed by atoms with Gasteiger partial charge in [-0.1, -0.05) is 182 Å². The summed E-state index contributed by atoms with van der Waals surface area (Å²) in [7, 11) is -2.52. The Bertz CT molecular complexity index is 2320. The van der Waals surface area contributed by atoms with Gasteiger partial charge in [-0.3, -0.25) is 0 Å². The molecule has 0 spiro atoms. The summed E-state index contributed by atoms with van der Waals surface area (Å²) in [5.74, 6) is 1.97. The summed E-state index contributed by atoms with van der Waals surface area (Å²) in [6.45, 7) is 0. The Kier molecular flexibility index (Phi) is 7.14. The van der Waals surface area contributed by atoms with E-state index in [-0.39, 0.29) is 0 Å². The summed E-state index contributed by atoms with van der Waals surface area (Å²) in [4.78, 5) is 14.8. The lowest BCUT2D eigenvalue weighted by Crippen LogP contribution is -2.72. The maximum atomic E-state index is 4.97. The van der Waals surface area contributed by atoms with Crippen molar-refractivity contribution >= 4 is 28.8 Å². The Morgan fingerprint density at radius 1 is 0.286 bits per heavy atom. The molecule has 0 bridgehead atoms. The van der Waals surface area contributed by atoms with Crippen LogP contribution in [0.3, 0.4) is 0 Å². The Labute approximate surface area is 287 Å². The number of hydrogen-bond donors (Lipinski definition) is 0. The maximum absolute atomic E-state index is 4.97. The molecule has 3 nitrogen and oxygen atoms in total. The normalized spacial score (nSPS) is 12.7. The minimum atomic E-state index is -2.52. The summed E-state index contributed by atoms with van der Waals surface area (Å²) in [5, 5.41) is 5.69. The predicted octanol–water partition coefficient (Wildman–Crippen LogP) is 7.90. The van der Waals surface area contributed by atoms with Crippen molar-refractivity contribution in [1.82, 2.24) is 15.0 Å². The van der Waals surface area contributed by atoms with Crippen molar-refractivity contribution in [2.75, 3.05) is 0 Å². The minimum Gasteiger partial charge on any atom is -0.208 e. The van der Waals surface area contributed by atoms with E-state index in [2.05, 4.69) is 127 Å². The highest BCUT2D eigenvalue weighted by atomic mass is 28.3. The van der Waals surface area contributed by atoms with Crippen LogP contribution in [0.5, 0.6) is 0 Å². The highest BCUT2D eigenvalue weighted by Crippen LogP contribution is 2.31. The smallest absolute Gasteiger partial charge is 0.180 e. The summed E-state index contributed by atoms with van der Waals surface area (Å²) < 4.78 is 0. The molecule has 7 aromatic carbocycles. The number of rotatable bonds is 6. The van der Waals surface area contributed by atoms with Crippen LogP contribution in [0.2, 0.25) is 0 Å². The molecule has 1 aliphatic rings. The molecule has 9 rings (SSSR count). The van der Waals surface area contributed by atoms with Crippen LogP contribution in [0.15, 0.2) is 188 Å². The molecule has 0 aliphatic carbocycles. The molecule has 1 aliphatic heterocycles. The van der Waals surface area contributed by atoms with Crippen molar-refractivity contribution in [3.63, 3.8) is 0 Å². The molecule has 0 atom stereocenters. The Morgan fingerprint density at radius 2 is 0.694 bits per heavy atom. The Morgan fingerprint density at radius 3 is 1.24 bits per heavy atom. The molecule has 49 heavy (non-hydrogen) atoms. The first-order chi connectivity index (χ1) is 24.3. The van der Waals surface area contributed by atoms with Crippen LogP contribution in [0.25, 0.3) is 56.4 Å². The fraction of sp³-hybridized carbons (Fsp3) is 0. The molecule has 4 heteroatoms. The molecule has 0 unspecified atom stereocenters. The van der Waals surface area contributed by atoms with Gasteiger partial charge in [0.25, 0.3) is 0 Å². The summed E-state index contributed by atoms with van der Waals surface area (Å²) in [6.07, 6.45) is 0. The lowest BCUT2D eigenvalue weighted by Gasteiger charge is -2.31. The first-order valence-electron chi connectivity index (χ1n) is 16.6. The number of nitrogens with zero attached hydrogens (tertiary/aromatic N) is 3. The number of fused-ring (bicyclic) bond motifs is 3. The third-order valence-corrected chi connectivity index (χ3v) is 14.5. The molecule has 0 N–H and O–H groups in total. The molecule has 230 valence electrons. The van der Waals surface area contributed by atoms with Crippen molar-refractivity contribution in [3.05, 3.63) is 188 Å². The molecule has 0 radical (unpaired) electrons. The minimum absolute atomic E-state index is 0.654. The van der Waals surface area contributed by atoms with Crippen molar-refractivity contribution in [2.24, 2.45) is 0 Å². The second kappa shape index (κ2) is 12.1. The fourth-order valence-electron chi connectivity index (χ4n) is 7.40. The van der Waals surface area contributed by atoms with Crippen LogP contribution in [0.1, 0.15) is 0 Å². The van der Waals surface area contributed by atoms with Gasteiger partial charge >= 0.3 is 0 Å². The molecule has 1 aromatic heterocycles. The van der Waals surface area contributed by atoms with E-state index < -0.39 is 8.07 Å². The molecule has 8 aromatic rings. The monoisotopic (exact) mass is 641 g/mol. The standard InChI is InChI=1S/C45H31N3Si/c1-4-15-33(16-5-1)43-46-44(34-17-6-2-7-18-34)48-45(47-43)36-20-14-19-35(31-36)32-27-29-38(30-28-32)49(37-21-8-3-9-22-37)41-25-12-10-23-39(41)40-24-11-13-26-42(40)49/h1-31H. The van der Waals surface area contributed by atoms with Gasteiger partial charge in [0.15, 0.2) is 25.5 Å². The van der Waals surface area contributed by atoms with E-state index in [0.29, 0.717) is 17.5 Å². The van der Waals surface area contributed by atoms with Crippen LogP contribution < -0.4 is 20.7 Å². The third kappa shape index (κ3) is 4.93. The Hall–Kier alpha value is -6.23. The lowest BCUT2D eigenvalue weighted by molar-refractivity contribution is 1.07. The average Bonchev–Trinajstić information content (AvgIpc) is 3.50. The highest BCUT2D eigenvalue weighted by molar-refractivity contribution is 7.22. The van der Waals surface area contributed by atoms with E-state index in [1.165, 1.54) is 31.9 Å². The largest absolute Gasteiger partial charge is 0.208 e. The topological polar surface area (TPSA) is 38.7 Å². The van der Waals surface area contributed by atoms with Gasteiger partial charge in [-0.2, -0.15) is 0 Å². The molecule has 0 saturated heterocycles. The van der Waals surface area contributed by atoms with Gasteiger partial charge in [0, 0.05) is 16.7 Å². The van der Waals surface area contributed by atoms with Gasteiger partial charge < -0.3 is 0 Å². The maximum Gasteiger partial charge on any atom is 0.180 e. The van der Waals surface area contributed by atoms with Gasteiger partial charge in [0.1, 0.15) is 0 Å². The van der Waals surface area contributed by atoms with E-state index in [9.17, 15) is 0 Å². The van der Waals surface area contributed by atoms with Gasteiger partial charge in [-0.25, -0.2) is 15.0 Å². The molecule has 2 heterocycles. The van der Waals surface area contributed by atoms with Crippen molar-refractivity contribution in [1.29, 1.82) is 0 Å². The molecule has 0 saturated carbocycles. The van der Waals surface area contributed by atoms with E-state index in [1.807, 2.05) is 60.7 Å². The van der Waals surface area contributed by atoms with E-state index in [0.717, 1.165) is 27.8 Å². The second-order valence-corrected chi connectivity index (χ2v) is 16.1. The Balaban J connectivity index is 1.15. The van der Waals surface area contributed by atoms with Crippen LogP contribution in [-0.4, -0.2) is 23.0 Å². The van der Waals surface area contributed by atoms with Gasteiger partial charge in [0.2, 0.25) is 0 Å². The summed E-state index contributed by atoms with van der Waals surface area (Å²) in [6, 6.07) is 67.2. The zero-order chi connectivity index (χ0) is 32.6. The van der Waals surface area contributed by atoms with Crippen LogP contribution in [0, 0.1) is 0 Å². The number of hydrogen-bond acceptors (Lipinski definition) is 3. The molecular formula is C45H31N3Si. The van der Waals surface area contributed by atoms with Gasteiger partial charge in [-0.05, 0) is 49.1 Å². The lowest BCUT2D eigenvalue weighted by atomic mass is 10.0. The average molecular weight is 642 g/mol. The summed E-state index contributed by atoms with van der Waals surface area (Å²) in [5.41, 5.74) is 7.85. The van der Waals surface area contributed by atoms with E-state index in [1.54, 1.807) is 0 Å². The first kappa shape index (κ1) is 28.9. The zero-order valence-corrected chi connectivity index (χ0v) is 27.7.